The third kappa shape index (κ3) is 3.79. The zero-order valence-corrected chi connectivity index (χ0v) is 18.8. The number of fused-ring (bicyclic) bond motifs is 3. The van der Waals surface area contributed by atoms with E-state index in [-0.39, 0.29) is 16.8 Å². The Morgan fingerprint density at radius 2 is 2.00 bits per heavy atom. The van der Waals surface area contributed by atoms with Gasteiger partial charge in [-0.1, -0.05) is 0 Å². The molecule has 4 N–H and O–H groups in total. The molecule has 0 radical (unpaired) electrons. The standard InChI is InChI=1S/C24H18F4N8/c1-2-32-18-5-15(25)4-16-19-21(36-11-14(7-30)22(35-36)24(26,27)28)17(10-33-23(19)34-20(16)18)13-3-12(6-29)8-31-9-13/h3-5,8-11,32H,2,7,30H2,1H3,(H,33,34). The average molecular weight is 494 g/mol. The maximum atomic E-state index is 14.7. The lowest BCUT2D eigenvalue weighted by Gasteiger charge is -2.12. The number of hydrogen-bond donors (Lipinski definition) is 3. The summed E-state index contributed by atoms with van der Waals surface area (Å²) < 4.78 is 56.9. The molecule has 0 fully saturated rings. The Morgan fingerprint density at radius 1 is 1.19 bits per heavy atom. The molecule has 0 unspecified atom stereocenters. The van der Waals surface area contributed by atoms with Crippen LogP contribution in [0, 0.1) is 17.1 Å². The molecule has 36 heavy (non-hydrogen) atoms. The number of nitriles is 1. The summed E-state index contributed by atoms with van der Waals surface area (Å²) in [6, 6.07) is 6.14. The second-order valence-electron chi connectivity index (χ2n) is 8.00. The number of halogens is 4. The van der Waals surface area contributed by atoms with Crippen molar-refractivity contribution in [2.75, 3.05) is 11.9 Å². The molecule has 12 heteroatoms. The van der Waals surface area contributed by atoms with Gasteiger partial charge in [-0.15, -0.1) is 0 Å². The first kappa shape index (κ1) is 23.3. The number of hydrogen-bond acceptors (Lipinski definition) is 6. The minimum atomic E-state index is -4.74. The van der Waals surface area contributed by atoms with Crippen LogP contribution in [-0.2, 0) is 12.7 Å². The molecule has 182 valence electrons. The second kappa shape index (κ2) is 8.62. The monoisotopic (exact) mass is 494 g/mol. The van der Waals surface area contributed by atoms with Gasteiger partial charge in [-0.3, -0.25) is 4.98 Å². The topological polar surface area (TPSA) is 121 Å². The number of pyridine rings is 2. The zero-order valence-electron chi connectivity index (χ0n) is 18.8. The molecule has 4 heterocycles. The minimum Gasteiger partial charge on any atom is -0.384 e. The minimum absolute atomic E-state index is 0.207. The molecular weight excluding hydrogens is 476 g/mol. The quantitative estimate of drug-likeness (QED) is 0.299. The van der Waals surface area contributed by atoms with Crippen molar-refractivity contribution < 1.29 is 17.6 Å². The van der Waals surface area contributed by atoms with Crippen LogP contribution in [0.2, 0.25) is 0 Å². The van der Waals surface area contributed by atoms with Crippen LogP contribution in [0.1, 0.15) is 23.7 Å². The lowest BCUT2D eigenvalue weighted by Crippen LogP contribution is -2.11. The van der Waals surface area contributed by atoms with Crippen molar-refractivity contribution in [3.05, 3.63) is 65.6 Å². The number of nitrogens with one attached hydrogen (secondary N) is 2. The average Bonchev–Trinajstić information content (AvgIpc) is 3.46. The maximum absolute atomic E-state index is 14.7. The molecule has 0 bridgehead atoms. The molecular formula is C24H18F4N8. The van der Waals surface area contributed by atoms with Gasteiger partial charge in [0.1, 0.15) is 17.5 Å². The third-order valence-electron chi connectivity index (χ3n) is 5.72. The number of aromatic amines is 1. The highest BCUT2D eigenvalue weighted by molar-refractivity contribution is 6.15. The first-order valence-electron chi connectivity index (χ1n) is 10.8. The molecule has 5 aromatic rings. The number of benzene rings is 1. The summed E-state index contributed by atoms with van der Waals surface area (Å²) in [7, 11) is 0. The Bertz CT molecular complexity index is 1660. The number of nitrogens with zero attached hydrogens (tertiary/aromatic N) is 5. The second-order valence-corrected chi connectivity index (χ2v) is 8.00. The Kier molecular flexibility index (Phi) is 5.57. The first-order chi connectivity index (χ1) is 17.2. The lowest BCUT2D eigenvalue weighted by atomic mass is 10.0. The van der Waals surface area contributed by atoms with Gasteiger partial charge >= 0.3 is 6.18 Å². The molecule has 0 atom stereocenters. The highest BCUT2D eigenvalue weighted by Gasteiger charge is 2.37. The van der Waals surface area contributed by atoms with E-state index < -0.39 is 24.2 Å². The van der Waals surface area contributed by atoms with E-state index in [0.717, 1.165) is 4.68 Å². The first-order valence-corrected chi connectivity index (χ1v) is 10.8. The van der Waals surface area contributed by atoms with Gasteiger partial charge in [0.2, 0.25) is 0 Å². The third-order valence-corrected chi connectivity index (χ3v) is 5.72. The van der Waals surface area contributed by atoms with Crippen molar-refractivity contribution >= 4 is 27.6 Å². The summed E-state index contributed by atoms with van der Waals surface area (Å²) in [6.07, 6.45) is 0.739. The fourth-order valence-corrected chi connectivity index (χ4v) is 4.25. The van der Waals surface area contributed by atoms with Gasteiger partial charge in [-0.2, -0.15) is 23.5 Å². The molecule has 0 aliphatic rings. The number of alkyl halides is 3. The van der Waals surface area contributed by atoms with Crippen LogP contribution in [0.15, 0.2) is 43.0 Å². The van der Waals surface area contributed by atoms with Crippen molar-refractivity contribution in [3.8, 4) is 22.9 Å². The molecule has 5 rings (SSSR count). The van der Waals surface area contributed by atoms with E-state index in [1.165, 1.54) is 43.0 Å². The molecule has 0 aliphatic carbocycles. The lowest BCUT2D eigenvalue weighted by molar-refractivity contribution is -0.141. The maximum Gasteiger partial charge on any atom is 0.435 e. The van der Waals surface area contributed by atoms with Gasteiger partial charge in [-0.25, -0.2) is 14.1 Å². The van der Waals surface area contributed by atoms with Crippen molar-refractivity contribution in [2.45, 2.75) is 19.6 Å². The summed E-state index contributed by atoms with van der Waals surface area (Å²) in [5, 5.41) is 17.0. The molecule has 4 aromatic heterocycles. The number of rotatable bonds is 5. The molecule has 0 amide bonds. The Hall–Kier alpha value is -4.50. The smallest absolute Gasteiger partial charge is 0.384 e. The van der Waals surface area contributed by atoms with E-state index in [9.17, 15) is 22.8 Å². The molecule has 1 aromatic carbocycles. The molecule has 0 aliphatic heterocycles. The fraction of sp³-hybridized carbons (Fsp3) is 0.167. The largest absolute Gasteiger partial charge is 0.435 e. The van der Waals surface area contributed by atoms with E-state index in [2.05, 4.69) is 25.4 Å². The SMILES string of the molecule is CCNc1cc(F)cc2c1[nH]c1ncc(-c3cncc(C#N)c3)c(-n3cc(CN)c(C(F)(F)F)n3)c12. The van der Waals surface area contributed by atoms with E-state index in [4.69, 9.17) is 5.73 Å². The van der Waals surface area contributed by atoms with Crippen molar-refractivity contribution in [3.63, 3.8) is 0 Å². The normalized spacial score (nSPS) is 11.8. The van der Waals surface area contributed by atoms with Crippen LogP contribution >= 0.6 is 0 Å². The van der Waals surface area contributed by atoms with Crippen molar-refractivity contribution in [2.24, 2.45) is 5.73 Å². The van der Waals surface area contributed by atoms with E-state index in [1.807, 2.05) is 13.0 Å². The van der Waals surface area contributed by atoms with Crippen molar-refractivity contribution in [1.29, 1.82) is 5.26 Å². The highest BCUT2D eigenvalue weighted by Crippen LogP contribution is 2.40. The van der Waals surface area contributed by atoms with Crippen LogP contribution in [0.5, 0.6) is 0 Å². The molecule has 0 spiro atoms. The number of aromatic nitrogens is 5. The van der Waals surface area contributed by atoms with Crippen LogP contribution in [-0.4, -0.2) is 31.3 Å². The summed E-state index contributed by atoms with van der Waals surface area (Å²) >= 11 is 0. The van der Waals surface area contributed by atoms with E-state index in [1.54, 1.807) is 0 Å². The summed E-state index contributed by atoms with van der Waals surface area (Å²) in [5.41, 5.74) is 6.84. The predicted octanol–water partition coefficient (Wildman–Crippen LogP) is 4.88. The fourth-order valence-electron chi connectivity index (χ4n) is 4.25. The van der Waals surface area contributed by atoms with Crippen LogP contribution in [0.3, 0.4) is 0 Å². The van der Waals surface area contributed by atoms with Crippen LogP contribution in [0.25, 0.3) is 38.8 Å². The van der Waals surface area contributed by atoms with Gasteiger partial charge in [0.05, 0.1) is 27.8 Å². The van der Waals surface area contributed by atoms with Crippen LogP contribution in [0.4, 0.5) is 23.2 Å². The van der Waals surface area contributed by atoms with Gasteiger partial charge in [0.25, 0.3) is 0 Å². The van der Waals surface area contributed by atoms with E-state index in [0.29, 0.717) is 45.3 Å². The van der Waals surface area contributed by atoms with Crippen molar-refractivity contribution in [1.82, 2.24) is 24.7 Å². The molecule has 0 saturated heterocycles. The zero-order chi connectivity index (χ0) is 25.6. The van der Waals surface area contributed by atoms with Gasteiger partial charge in [0.15, 0.2) is 5.69 Å². The predicted molar refractivity (Wildman–Crippen MR) is 126 cm³/mol. The molecule has 0 saturated carbocycles. The summed E-state index contributed by atoms with van der Waals surface area (Å²) in [4.78, 5) is 11.7. The van der Waals surface area contributed by atoms with Gasteiger partial charge in [-0.05, 0) is 25.1 Å². The number of H-pyrrole nitrogens is 1. The number of nitrogens with two attached hydrogens (primary N) is 1. The summed E-state index contributed by atoms with van der Waals surface area (Å²) in [6.45, 7) is 1.98. The highest BCUT2D eigenvalue weighted by atomic mass is 19.4. The Balaban J connectivity index is 1.93. The number of anilines is 1. The van der Waals surface area contributed by atoms with E-state index >= 15 is 0 Å². The Morgan fingerprint density at radius 3 is 2.67 bits per heavy atom. The Labute approximate surface area is 201 Å². The van der Waals surface area contributed by atoms with Gasteiger partial charge < -0.3 is 16.0 Å². The summed E-state index contributed by atoms with van der Waals surface area (Å²) in [5.74, 6) is -0.539. The van der Waals surface area contributed by atoms with Gasteiger partial charge in [0, 0.05) is 60.0 Å². The molecule has 8 nitrogen and oxygen atoms in total. The van der Waals surface area contributed by atoms with Crippen LogP contribution < -0.4 is 11.1 Å².